The molecule has 0 bridgehead atoms. The molecule has 1 amide bonds. The molecule has 144 valence electrons. The lowest BCUT2D eigenvalue weighted by Gasteiger charge is -2.32. The van der Waals surface area contributed by atoms with Crippen LogP contribution in [-0.2, 0) is 6.42 Å². The van der Waals surface area contributed by atoms with Crippen LogP contribution in [0.5, 0.6) is 0 Å². The lowest BCUT2D eigenvalue weighted by Crippen LogP contribution is -2.44. The summed E-state index contributed by atoms with van der Waals surface area (Å²) in [5.41, 5.74) is 2.17. The Labute approximate surface area is 167 Å². The molecule has 3 aromatic rings. The maximum Gasteiger partial charge on any atom is 0.251 e. The summed E-state index contributed by atoms with van der Waals surface area (Å²) in [6.07, 6.45) is 4.40. The van der Waals surface area contributed by atoms with Gasteiger partial charge in [0.25, 0.3) is 5.91 Å². The number of hydrogen-bond acceptors (Lipinski definition) is 2. The van der Waals surface area contributed by atoms with Crippen molar-refractivity contribution in [2.75, 3.05) is 19.6 Å². The Morgan fingerprint density at radius 1 is 0.893 bits per heavy atom. The third kappa shape index (κ3) is 4.79. The zero-order valence-corrected chi connectivity index (χ0v) is 16.3. The Balaban J connectivity index is 1.23. The Morgan fingerprint density at radius 2 is 1.61 bits per heavy atom. The Hall–Kier alpha value is -2.65. The fourth-order valence-corrected chi connectivity index (χ4v) is 4.05. The number of carbonyl (C=O) groups is 1. The Bertz CT molecular complexity index is 914. The first-order valence-corrected chi connectivity index (χ1v) is 10.3. The van der Waals surface area contributed by atoms with Crippen molar-refractivity contribution in [3.63, 3.8) is 0 Å². The van der Waals surface area contributed by atoms with E-state index in [0.717, 1.165) is 49.8 Å². The highest BCUT2D eigenvalue weighted by Crippen LogP contribution is 2.17. The molecule has 28 heavy (non-hydrogen) atoms. The topological polar surface area (TPSA) is 32.3 Å². The SMILES string of the molecule is O=C(NC1CCN(CCCc2ccccc2)CC1)c1ccc2ccccc2c1. The van der Waals surface area contributed by atoms with Crippen molar-refractivity contribution >= 4 is 16.7 Å². The average molecular weight is 373 g/mol. The lowest BCUT2D eigenvalue weighted by molar-refractivity contribution is 0.0911. The number of piperidine rings is 1. The zero-order valence-electron chi connectivity index (χ0n) is 16.3. The standard InChI is InChI=1S/C25H28N2O/c28-25(23-13-12-21-10-4-5-11-22(21)19-23)26-24-14-17-27(18-15-24)16-6-9-20-7-2-1-3-8-20/h1-5,7-8,10-13,19,24H,6,9,14-18H2,(H,26,28). The van der Waals surface area contributed by atoms with Crippen molar-refractivity contribution in [3.05, 3.63) is 83.9 Å². The minimum atomic E-state index is 0.0493. The summed E-state index contributed by atoms with van der Waals surface area (Å²) in [6.45, 7) is 3.27. The molecular weight excluding hydrogens is 344 g/mol. The van der Waals surface area contributed by atoms with E-state index in [-0.39, 0.29) is 11.9 Å². The number of nitrogens with zero attached hydrogens (tertiary/aromatic N) is 1. The molecule has 3 nitrogen and oxygen atoms in total. The van der Waals surface area contributed by atoms with E-state index in [9.17, 15) is 4.79 Å². The number of rotatable bonds is 6. The summed E-state index contributed by atoms with van der Waals surface area (Å²) < 4.78 is 0. The highest BCUT2D eigenvalue weighted by Gasteiger charge is 2.21. The summed E-state index contributed by atoms with van der Waals surface area (Å²) in [6, 6.07) is 25.1. The van der Waals surface area contributed by atoms with Gasteiger partial charge in [-0.2, -0.15) is 0 Å². The second-order valence-corrected chi connectivity index (χ2v) is 7.74. The summed E-state index contributed by atoms with van der Waals surface area (Å²) in [5.74, 6) is 0.0493. The summed E-state index contributed by atoms with van der Waals surface area (Å²) in [4.78, 5) is 15.2. The number of amides is 1. The van der Waals surface area contributed by atoms with Crippen molar-refractivity contribution in [3.8, 4) is 0 Å². The van der Waals surface area contributed by atoms with Gasteiger partial charge < -0.3 is 10.2 Å². The Kier molecular flexibility index (Phi) is 6.03. The van der Waals surface area contributed by atoms with Gasteiger partial charge in [-0.3, -0.25) is 4.79 Å². The van der Waals surface area contributed by atoms with E-state index >= 15 is 0 Å². The smallest absolute Gasteiger partial charge is 0.251 e. The average Bonchev–Trinajstić information content (AvgIpc) is 2.75. The largest absolute Gasteiger partial charge is 0.349 e. The fourth-order valence-electron chi connectivity index (χ4n) is 4.05. The number of hydrogen-bond donors (Lipinski definition) is 1. The van der Waals surface area contributed by atoms with Crippen LogP contribution < -0.4 is 5.32 Å². The van der Waals surface area contributed by atoms with E-state index < -0.39 is 0 Å². The molecule has 0 aromatic heterocycles. The predicted molar refractivity (Wildman–Crippen MR) is 116 cm³/mol. The van der Waals surface area contributed by atoms with Gasteiger partial charge in [-0.25, -0.2) is 0 Å². The van der Waals surface area contributed by atoms with Crippen LogP contribution in [-0.4, -0.2) is 36.5 Å². The monoisotopic (exact) mass is 372 g/mol. The van der Waals surface area contributed by atoms with Gasteiger partial charge in [0.1, 0.15) is 0 Å². The zero-order chi connectivity index (χ0) is 19.2. The van der Waals surface area contributed by atoms with Crippen molar-refractivity contribution in [2.24, 2.45) is 0 Å². The van der Waals surface area contributed by atoms with Crippen LogP contribution in [0.4, 0.5) is 0 Å². The summed E-state index contributed by atoms with van der Waals surface area (Å²) in [7, 11) is 0. The molecule has 3 aromatic carbocycles. The molecule has 0 radical (unpaired) electrons. The van der Waals surface area contributed by atoms with Gasteiger partial charge in [-0.15, -0.1) is 0 Å². The first-order chi connectivity index (χ1) is 13.8. The number of nitrogens with one attached hydrogen (secondary N) is 1. The van der Waals surface area contributed by atoms with Crippen LogP contribution in [0.3, 0.4) is 0 Å². The maximum atomic E-state index is 12.6. The van der Waals surface area contributed by atoms with Crippen LogP contribution in [0.1, 0.15) is 35.2 Å². The summed E-state index contributed by atoms with van der Waals surface area (Å²) in [5, 5.41) is 5.52. The molecule has 1 fully saturated rings. The molecule has 1 aliphatic heterocycles. The number of benzene rings is 3. The number of aryl methyl sites for hydroxylation is 1. The first kappa shape index (κ1) is 18.7. The van der Waals surface area contributed by atoms with Crippen LogP contribution >= 0.6 is 0 Å². The molecule has 1 saturated heterocycles. The normalized spacial score (nSPS) is 15.6. The molecule has 0 spiro atoms. The van der Waals surface area contributed by atoms with Crippen LogP contribution in [0.15, 0.2) is 72.8 Å². The van der Waals surface area contributed by atoms with Gasteiger partial charge in [0, 0.05) is 24.7 Å². The Morgan fingerprint density at radius 3 is 2.39 bits per heavy atom. The maximum absolute atomic E-state index is 12.6. The molecular formula is C25H28N2O. The molecule has 1 aliphatic rings. The minimum Gasteiger partial charge on any atom is -0.349 e. The van der Waals surface area contributed by atoms with E-state index in [1.807, 2.05) is 30.3 Å². The van der Waals surface area contributed by atoms with Crippen LogP contribution in [0, 0.1) is 0 Å². The van der Waals surface area contributed by atoms with E-state index in [2.05, 4.69) is 52.7 Å². The lowest BCUT2D eigenvalue weighted by atomic mass is 10.0. The molecule has 0 aliphatic carbocycles. The van der Waals surface area contributed by atoms with Crippen LogP contribution in [0.25, 0.3) is 10.8 Å². The second kappa shape index (κ2) is 9.03. The van der Waals surface area contributed by atoms with Crippen LogP contribution in [0.2, 0.25) is 0 Å². The number of likely N-dealkylation sites (tertiary alicyclic amines) is 1. The molecule has 3 heteroatoms. The van der Waals surface area contributed by atoms with Crippen molar-refractivity contribution in [1.29, 1.82) is 0 Å². The van der Waals surface area contributed by atoms with E-state index in [1.165, 1.54) is 17.4 Å². The van der Waals surface area contributed by atoms with Crippen molar-refractivity contribution in [2.45, 2.75) is 31.7 Å². The van der Waals surface area contributed by atoms with Crippen molar-refractivity contribution in [1.82, 2.24) is 10.2 Å². The molecule has 4 rings (SSSR count). The third-order valence-corrected chi connectivity index (χ3v) is 5.72. The van der Waals surface area contributed by atoms with Gasteiger partial charge >= 0.3 is 0 Å². The molecule has 0 atom stereocenters. The second-order valence-electron chi connectivity index (χ2n) is 7.74. The molecule has 0 saturated carbocycles. The molecule has 0 unspecified atom stereocenters. The fraction of sp³-hybridized carbons (Fsp3) is 0.320. The number of fused-ring (bicyclic) bond motifs is 1. The first-order valence-electron chi connectivity index (χ1n) is 10.3. The minimum absolute atomic E-state index is 0.0493. The van der Waals surface area contributed by atoms with E-state index in [4.69, 9.17) is 0 Å². The number of carbonyl (C=O) groups excluding carboxylic acids is 1. The quantitative estimate of drug-likeness (QED) is 0.682. The van der Waals surface area contributed by atoms with Gasteiger partial charge in [-0.1, -0.05) is 60.7 Å². The third-order valence-electron chi connectivity index (χ3n) is 5.72. The van der Waals surface area contributed by atoms with E-state index in [0.29, 0.717) is 0 Å². The van der Waals surface area contributed by atoms with E-state index in [1.54, 1.807) is 0 Å². The molecule has 1 heterocycles. The molecule has 1 N–H and O–H groups in total. The van der Waals surface area contributed by atoms with Gasteiger partial charge in [-0.05, 0) is 60.7 Å². The van der Waals surface area contributed by atoms with Crippen molar-refractivity contribution < 1.29 is 4.79 Å². The van der Waals surface area contributed by atoms with Gasteiger partial charge in [0.15, 0.2) is 0 Å². The van der Waals surface area contributed by atoms with Gasteiger partial charge in [0.05, 0.1) is 0 Å². The summed E-state index contributed by atoms with van der Waals surface area (Å²) >= 11 is 0. The highest BCUT2D eigenvalue weighted by molar-refractivity contribution is 5.98. The highest BCUT2D eigenvalue weighted by atomic mass is 16.1. The predicted octanol–water partition coefficient (Wildman–Crippen LogP) is 4.67. The van der Waals surface area contributed by atoms with Gasteiger partial charge in [0.2, 0.25) is 0 Å².